The first-order valence-electron chi connectivity index (χ1n) is 12.8. The smallest absolute Gasteiger partial charge is 0.421 e. The monoisotopic (exact) mass is 505 g/mol. The minimum atomic E-state index is -0.704. The summed E-state index contributed by atoms with van der Waals surface area (Å²) in [6, 6.07) is 13.0. The van der Waals surface area contributed by atoms with Gasteiger partial charge in [0, 0.05) is 24.2 Å². The van der Waals surface area contributed by atoms with Gasteiger partial charge < -0.3 is 21.1 Å². The molecule has 4 N–H and O–H groups in total. The lowest BCUT2D eigenvalue weighted by Crippen LogP contribution is -2.27. The van der Waals surface area contributed by atoms with E-state index in [1.807, 2.05) is 12.1 Å². The molecule has 9 heteroatoms. The van der Waals surface area contributed by atoms with Crippen molar-refractivity contribution in [2.45, 2.75) is 77.2 Å². The van der Waals surface area contributed by atoms with Crippen molar-refractivity contribution in [3.63, 3.8) is 0 Å². The number of nitrogens with one attached hydrogen (secondary N) is 2. The maximum Gasteiger partial charge on any atom is 0.421 e. The number of amides is 2. The molecule has 0 atom stereocenters. The maximum atomic E-state index is 12.6. The van der Waals surface area contributed by atoms with Crippen LogP contribution in [0.2, 0.25) is 0 Å². The zero-order chi connectivity index (χ0) is 26.6. The minimum absolute atomic E-state index is 0.00355. The molecule has 0 unspecified atom stereocenters. The second-order valence-corrected chi connectivity index (χ2v) is 10.5. The Hall–Kier alpha value is -3.88. The van der Waals surface area contributed by atoms with Crippen LogP contribution in [0.5, 0.6) is 0 Å². The third-order valence-corrected chi connectivity index (χ3v) is 6.39. The summed E-state index contributed by atoms with van der Waals surface area (Å²) >= 11 is 0. The number of nitrogens with zero attached hydrogens (tertiary/aromatic N) is 2. The second kappa shape index (κ2) is 11.0. The van der Waals surface area contributed by atoms with Gasteiger partial charge in [0.25, 0.3) is 0 Å². The summed E-state index contributed by atoms with van der Waals surface area (Å²) in [5, 5.41) is 5.63. The fourth-order valence-corrected chi connectivity index (χ4v) is 4.62. The Kier molecular flexibility index (Phi) is 7.80. The summed E-state index contributed by atoms with van der Waals surface area (Å²) < 4.78 is 6.59. The Bertz CT molecular complexity index is 1280. The Morgan fingerprint density at radius 3 is 2.16 bits per heavy atom. The fourth-order valence-electron chi connectivity index (χ4n) is 4.62. The molecule has 2 aromatic carbocycles. The number of nitrogens with two attached hydrogens (primary N) is 1. The SMILES string of the molecule is CC(C)(C)OC(=O)n1c(N)nc2ccc(NC(=O)CCC(=O)Nc3ccc(C4CCCCC4)cc3)cc21. The Morgan fingerprint density at radius 2 is 1.54 bits per heavy atom. The summed E-state index contributed by atoms with van der Waals surface area (Å²) in [5.41, 5.74) is 8.65. The van der Waals surface area contributed by atoms with E-state index < -0.39 is 11.7 Å². The molecular weight excluding hydrogens is 470 g/mol. The molecule has 1 aliphatic rings. The average Bonchev–Trinajstić information content (AvgIpc) is 3.18. The van der Waals surface area contributed by atoms with Crippen molar-refractivity contribution in [2.24, 2.45) is 0 Å². The van der Waals surface area contributed by atoms with Crippen LogP contribution in [0.3, 0.4) is 0 Å². The number of rotatable bonds is 6. The van der Waals surface area contributed by atoms with Crippen LogP contribution >= 0.6 is 0 Å². The molecule has 0 radical (unpaired) electrons. The van der Waals surface area contributed by atoms with E-state index in [9.17, 15) is 14.4 Å². The fraction of sp³-hybridized carbons (Fsp3) is 0.429. The molecular formula is C28H35N5O4. The highest BCUT2D eigenvalue weighted by atomic mass is 16.6. The van der Waals surface area contributed by atoms with Gasteiger partial charge >= 0.3 is 6.09 Å². The number of nitrogen functional groups attached to an aromatic ring is 1. The normalized spacial score (nSPS) is 14.4. The van der Waals surface area contributed by atoms with Gasteiger partial charge in [0.1, 0.15) is 5.60 Å². The molecule has 0 bridgehead atoms. The third kappa shape index (κ3) is 6.87. The van der Waals surface area contributed by atoms with E-state index in [2.05, 4.69) is 27.8 Å². The van der Waals surface area contributed by atoms with E-state index in [1.54, 1.807) is 39.0 Å². The summed E-state index contributed by atoms with van der Waals surface area (Å²) in [6.45, 7) is 5.28. The van der Waals surface area contributed by atoms with Crippen LogP contribution in [0.4, 0.5) is 22.1 Å². The molecule has 1 fully saturated rings. The van der Waals surface area contributed by atoms with Crippen LogP contribution in [0.1, 0.15) is 77.2 Å². The lowest BCUT2D eigenvalue weighted by atomic mass is 9.84. The van der Waals surface area contributed by atoms with E-state index in [1.165, 1.54) is 42.2 Å². The van der Waals surface area contributed by atoms with Gasteiger partial charge in [0.05, 0.1) is 11.0 Å². The topological polar surface area (TPSA) is 128 Å². The van der Waals surface area contributed by atoms with Crippen LogP contribution in [-0.4, -0.2) is 33.1 Å². The molecule has 1 aliphatic carbocycles. The molecule has 0 spiro atoms. The number of carbonyl (C=O) groups is 3. The number of hydrogen-bond acceptors (Lipinski definition) is 6. The van der Waals surface area contributed by atoms with Gasteiger partial charge in [0.2, 0.25) is 17.8 Å². The number of aromatic nitrogens is 2. The van der Waals surface area contributed by atoms with Crippen molar-refractivity contribution in [1.82, 2.24) is 9.55 Å². The number of imidazole rings is 1. The molecule has 37 heavy (non-hydrogen) atoms. The second-order valence-electron chi connectivity index (χ2n) is 10.5. The van der Waals surface area contributed by atoms with E-state index in [0.29, 0.717) is 22.6 Å². The molecule has 1 saturated carbocycles. The first-order valence-corrected chi connectivity index (χ1v) is 12.8. The summed E-state index contributed by atoms with van der Waals surface area (Å²) in [7, 11) is 0. The van der Waals surface area contributed by atoms with Crippen molar-refractivity contribution >= 4 is 46.3 Å². The molecule has 0 aliphatic heterocycles. The lowest BCUT2D eigenvalue weighted by molar-refractivity contribution is -0.121. The highest BCUT2D eigenvalue weighted by Crippen LogP contribution is 2.33. The molecule has 2 amide bonds. The van der Waals surface area contributed by atoms with Gasteiger partial charge in [-0.15, -0.1) is 0 Å². The summed E-state index contributed by atoms with van der Waals surface area (Å²) in [6.07, 6.45) is 5.73. The van der Waals surface area contributed by atoms with Gasteiger partial charge in [-0.1, -0.05) is 31.4 Å². The minimum Gasteiger partial charge on any atom is -0.443 e. The number of benzene rings is 2. The number of fused-ring (bicyclic) bond motifs is 1. The van der Waals surface area contributed by atoms with Crippen molar-refractivity contribution < 1.29 is 19.1 Å². The van der Waals surface area contributed by atoms with Crippen LogP contribution in [0.25, 0.3) is 11.0 Å². The number of ether oxygens (including phenoxy) is 1. The standard InChI is InChI=1S/C28H35N5O4/c1-28(2,3)37-27(36)33-23-17-21(13-14-22(23)32-26(33)29)31-25(35)16-15-24(34)30-20-11-9-19(10-12-20)18-7-5-4-6-8-18/h9-14,17-18H,4-8,15-16H2,1-3H3,(H2,29,32)(H,30,34)(H,31,35). The quantitative estimate of drug-likeness (QED) is 0.388. The Morgan fingerprint density at radius 1 is 0.946 bits per heavy atom. The molecule has 4 rings (SSSR count). The van der Waals surface area contributed by atoms with Gasteiger partial charge in [-0.05, 0) is 75.4 Å². The van der Waals surface area contributed by atoms with E-state index >= 15 is 0 Å². The van der Waals surface area contributed by atoms with Crippen molar-refractivity contribution in [2.75, 3.05) is 16.4 Å². The van der Waals surface area contributed by atoms with Crippen LogP contribution in [-0.2, 0) is 14.3 Å². The molecule has 1 aromatic heterocycles. The largest absolute Gasteiger partial charge is 0.443 e. The predicted molar refractivity (Wildman–Crippen MR) is 145 cm³/mol. The van der Waals surface area contributed by atoms with E-state index in [-0.39, 0.29) is 30.6 Å². The summed E-state index contributed by atoms with van der Waals surface area (Å²) in [5.74, 6) is 0.0575. The van der Waals surface area contributed by atoms with Gasteiger partial charge in [-0.3, -0.25) is 9.59 Å². The Balaban J connectivity index is 1.32. The van der Waals surface area contributed by atoms with Crippen LogP contribution < -0.4 is 16.4 Å². The van der Waals surface area contributed by atoms with Gasteiger partial charge in [-0.25, -0.2) is 14.3 Å². The third-order valence-electron chi connectivity index (χ3n) is 6.39. The zero-order valence-electron chi connectivity index (χ0n) is 21.7. The first kappa shape index (κ1) is 26.2. The molecule has 9 nitrogen and oxygen atoms in total. The maximum absolute atomic E-state index is 12.6. The molecule has 0 saturated heterocycles. The predicted octanol–water partition coefficient (Wildman–Crippen LogP) is 5.81. The van der Waals surface area contributed by atoms with Crippen molar-refractivity contribution in [3.05, 3.63) is 48.0 Å². The number of anilines is 3. The lowest BCUT2D eigenvalue weighted by Gasteiger charge is -2.22. The number of hydrogen-bond donors (Lipinski definition) is 3. The zero-order valence-corrected chi connectivity index (χ0v) is 21.7. The molecule has 3 aromatic rings. The van der Waals surface area contributed by atoms with E-state index in [0.717, 1.165) is 5.69 Å². The van der Waals surface area contributed by atoms with Gasteiger partial charge in [-0.2, -0.15) is 0 Å². The van der Waals surface area contributed by atoms with Crippen molar-refractivity contribution in [3.8, 4) is 0 Å². The van der Waals surface area contributed by atoms with Crippen molar-refractivity contribution in [1.29, 1.82) is 0 Å². The molecule has 1 heterocycles. The highest BCUT2D eigenvalue weighted by Gasteiger charge is 2.22. The van der Waals surface area contributed by atoms with E-state index in [4.69, 9.17) is 10.5 Å². The number of carbonyl (C=O) groups excluding carboxylic acids is 3. The highest BCUT2D eigenvalue weighted by molar-refractivity contribution is 5.98. The average molecular weight is 506 g/mol. The van der Waals surface area contributed by atoms with Crippen LogP contribution in [0.15, 0.2) is 42.5 Å². The Labute approximate surface area is 216 Å². The van der Waals surface area contributed by atoms with Gasteiger partial charge in [0.15, 0.2) is 0 Å². The van der Waals surface area contributed by atoms with Crippen LogP contribution in [0, 0.1) is 0 Å². The first-order chi connectivity index (χ1) is 17.6. The summed E-state index contributed by atoms with van der Waals surface area (Å²) in [4.78, 5) is 41.7. The molecule has 196 valence electrons.